The Morgan fingerprint density at radius 1 is 1.44 bits per heavy atom. The van der Waals surface area contributed by atoms with E-state index >= 15 is 0 Å². The van der Waals surface area contributed by atoms with E-state index in [9.17, 15) is 0 Å². The molecule has 0 aliphatic carbocycles. The molecule has 0 amide bonds. The van der Waals surface area contributed by atoms with Crippen LogP contribution in [-0.2, 0) is 13.1 Å². The van der Waals surface area contributed by atoms with Gasteiger partial charge in [0.05, 0.1) is 6.20 Å². The van der Waals surface area contributed by atoms with Gasteiger partial charge in [-0.2, -0.15) is 10.2 Å². The van der Waals surface area contributed by atoms with Gasteiger partial charge in [0, 0.05) is 24.3 Å². The number of nitrogens with two attached hydrogens (primary N) is 1. The van der Waals surface area contributed by atoms with Crippen molar-refractivity contribution in [2.75, 3.05) is 0 Å². The predicted octanol–water partition coefficient (Wildman–Crippen LogP) is 0.562. The summed E-state index contributed by atoms with van der Waals surface area (Å²) in [5, 5.41) is 8.36. The van der Waals surface area contributed by atoms with E-state index in [2.05, 4.69) is 15.2 Å². The molecule has 0 bridgehead atoms. The minimum absolute atomic E-state index is 0.0118. The lowest BCUT2D eigenvalue weighted by molar-refractivity contribution is 0.567. The van der Waals surface area contributed by atoms with E-state index in [-0.39, 0.29) is 6.04 Å². The molecule has 0 saturated heterocycles. The lowest BCUT2D eigenvalue weighted by atomic mass is 10.2. The zero-order chi connectivity index (χ0) is 11.5. The molecule has 0 aromatic carbocycles. The van der Waals surface area contributed by atoms with E-state index in [0.29, 0.717) is 6.54 Å². The smallest absolute Gasteiger partial charge is 0.148 e. The van der Waals surface area contributed by atoms with E-state index in [1.807, 2.05) is 29.4 Å². The largest absolute Gasteiger partial charge is 0.324 e. The summed E-state index contributed by atoms with van der Waals surface area (Å²) in [5.74, 6) is 0.904. The molecular formula is C10H16N6. The van der Waals surface area contributed by atoms with Gasteiger partial charge in [-0.1, -0.05) is 0 Å². The summed E-state index contributed by atoms with van der Waals surface area (Å²) in [7, 11) is 0. The summed E-state index contributed by atoms with van der Waals surface area (Å²) in [6, 6.07) is 0.0118. The summed E-state index contributed by atoms with van der Waals surface area (Å²) in [6.45, 7) is 5.42. The van der Waals surface area contributed by atoms with Crippen LogP contribution in [0.3, 0.4) is 0 Å². The van der Waals surface area contributed by atoms with Crippen molar-refractivity contribution in [2.45, 2.75) is 33.0 Å². The normalized spacial score (nSPS) is 12.9. The molecule has 0 radical (unpaired) electrons. The summed E-state index contributed by atoms with van der Waals surface area (Å²) in [6.07, 6.45) is 5.30. The summed E-state index contributed by atoms with van der Waals surface area (Å²) in [4.78, 5) is 4.20. The van der Waals surface area contributed by atoms with Crippen LogP contribution < -0.4 is 5.73 Å². The number of aryl methyl sites for hydroxylation is 1. The molecule has 0 aliphatic heterocycles. The number of rotatable bonds is 4. The molecule has 2 aromatic rings. The Hall–Kier alpha value is -1.69. The molecule has 2 heterocycles. The second-order valence-corrected chi connectivity index (χ2v) is 3.75. The van der Waals surface area contributed by atoms with Crippen LogP contribution in [0.2, 0.25) is 0 Å². The molecule has 0 fully saturated rings. The molecule has 0 saturated carbocycles. The monoisotopic (exact) mass is 220 g/mol. The van der Waals surface area contributed by atoms with Gasteiger partial charge in [0.1, 0.15) is 18.7 Å². The van der Waals surface area contributed by atoms with Crippen molar-refractivity contribution in [1.29, 1.82) is 0 Å². The van der Waals surface area contributed by atoms with Crippen LogP contribution in [0.4, 0.5) is 0 Å². The minimum atomic E-state index is 0.0118. The van der Waals surface area contributed by atoms with Crippen LogP contribution >= 0.6 is 0 Å². The third-order valence-corrected chi connectivity index (χ3v) is 2.48. The maximum atomic E-state index is 5.77. The number of aromatic nitrogens is 5. The molecule has 1 unspecified atom stereocenters. The average molecular weight is 220 g/mol. The first-order chi connectivity index (χ1) is 7.70. The molecule has 1 atom stereocenters. The van der Waals surface area contributed by atoms with Crippen LogP contribution in [0.1, 0.15) is 31.3 Å². The Kier molecular flexibility index (Phi) is 3.00. The summed E-state index contributed by atoms with van der Waals surface area (Å²) >= 11 is 0. The zero-order valence-corrected chi connectivity index (χ0v) is 9.54. The number of hydrogen-bond donors (Lipinski definition) is 1. The lowest BCUT2D eigenvalue weighted by Crippen LogP contribution is -2.09. The van der Waals surface area contributed by atoms with Crippen molar-refractivity contribution < 1.29 is 0 Å². The first-order valence-electron chi connectivity index (χ1n) is 5.35. The third kappa shape index (κ3) is 2.11. The maximum absolute atomic E-state index is 5.77. The fourth-order valence-corrected chi connectivity index (χ4v) is 1.52. The number of nitrogens with zero attached hydrogens (tertiary/aromatic N) is 5. The van der Waals surface area contributed by atoms with Gasteiger partial charge in [0.15, 0.2) is 0 Å². The van der Waals surface area contributed by atoms with Crippen LogP contribution in [-0.4, -0.2) is 24.5 Å². The van der Waals surface area contributed by atoms with Gasteiger partial charge in [-0.15, -0.1) is 0 Å². The summed E-state index contributed by atoms with van der Waals surface area (Å²) in [5.41, 5.74) is 6.80. The molecule has 2 aromatic heterocycles. The SMILES string of the molecule is CCn1ncnc1Cn1cc(C(C)N)cn1. The van der Waals surface area contributed by atoms with Crippen molar-refractivity contribution in [1.82, 2.24) is 24.5 Å². The first-order valence-corrected chi connectivity index (χ1v) is 5.35. The Morgan fingerprint density at radius 3 is 2.88 bits per heavy atom. The molecule has 2 rings (SSSR count). The molecule has 86 valence electrons. The van der Waals surface area contributed by atoms with Crippen molar-refractivity contribution in [3.63, 3.8) is 0 Å². The van der Waals surface area contributed by atoms with Gasteiger partial charge >= 0.3 is 0 Å². The maximum Gasteiger partial charge on any atom is 0.148 e. The molecule has 16 heavy (non-hydrogen) atoms. The second kappa shape index (κ2) is 4.44. The van der Waals surface area contributed by atoms with Gasteiger partial charge in [0.2, 0.25) is 0 Å². The Bertz CT molecular complexity index is 455. The minimum Gasteiger partial charge on any atom is -0.324 e. The Morgan fingerprint density at radius 2 is 2.25 bits per heavy atom. The van der Waals surface area contributed by atoms with Crippen molar-refractivity contribution >= 4 is 0 Å². The fourth-order valence-electron chi connectivity index (χ4n) is 1.52. The third-order valence-electron chi connectivity index (χ3n) is 2.48. The van der Waals surface area contributed by atoms with E-state index in [0.717, 1.165) is 17.9 Å². The van der Waals surface area contributed by atoms with Crippen LogP contribution in [0.5, 0.6) is 0 Å². The standard InChI is InChI=1S/C10H16N6/c1-3-16-10(12-7-14-16)6-15-5-9(4-13-15)8(2)11/h4-5,7-8H,3,6,11H2,1-2H3. The average Bonchev–Trinajstić information content (AvgIpc) is 2.87. The highest BCUT2D eigenvalue weighted by atomic mass is 15.4. The van der Waals surface area contributed by atoms with Gasteiger partial charge < -0.3 is 5.73 Å². The Labute approximate surface area is 94.1 Å². The van der Waals surface area contributed by atoms with E-state index < -0.39 is 0 Å². The predicted molar refractivity (Wildman–Crippen MR) is 59.6 cm³/mol. The van der Waals surface area contributed by atoms with Crippen LogP contribution in [0, 0.1) is 0 Å². The molecule has 2 N–H and O–H groups in total. The van der Waals surface area contributed by atoms with Crippen LogP contribution in [0.25, 0.3) is 0 Å². The van der Waals surface area contributed by atoms with E-state index in [1.165, 1.54) is 0 Å². The highest BCUT2D eigenvalue weighted by molar-refractivity contribution is 5.08. The van der Waals surface area contributed by atoms with E-state index in [1.54, 1.807) is 12.5 Å². The fraction of sp³-hybridized carbons (Fsp3) is 0.500. The van der Waals surface area contributed by atoms with Crippen LogP contribution in [0.15, 0.2) is 18.7 Å². The topological polar surface area (TPSA) is 74.5 Å². The molecule has 6 nitrogen and oxygen atoms in total. The van der Waals surface area contributed by atoms with Gasteiger partial charge in [-0.05, 0) is 13.8 Å². The van der Waals surface area contributed by atoms with Crippen molar-refractivity contribution in [2.24, 2.45) is 5.73 Å². The summed E-state index contributed by atoms with van der Waals surface area (Å²) < 4.78 is 3.68. The molecule has 0 aliphatic rings. The lowest BCUT2D eigenvalue weighted by Gasteiger charge is -2.03. The van der Waals surface area contributed by atoms with E-state index in [4.69, 9.17) is 5.73 Å². The highest BCUT2D eigenvalue weighted by Gasteiger charge is 2.06. The highest BCUT2D eigenvalue weighted by Crippen LogP contribution is 2.08. The Balaban J connectivity index is 2.14. The zero-order valence-electron chi connectivity index (χ0n) is 9.54. The molecule has 0 spiro atoms. The quantitative estimate of drug-likeness (QED) is 0.817. The van der Waals surface area contributed by atoms with Gasteiger partial charge in [-0.3, -0.25) is 4.68 Å². The first kappa shape index (κ1) is 10.8. The molecular weight excluding hydrogens is 204 g/mol. The van der Waals surface area contributed by atoms with Crippen molar-refractivity contribution in [3.05, 3.63) is 30.1 Å². The van der Waals surface area contributed by atoms with Gasteiger partial charge in [0.25, 0.3) is 0 Å². The van der Waals surface area contributed by atoms with Gasteiger partial charge in [-0.25, -0.2) is 9.67 Å². The number of hydrogen-bond acceptors (Lipinski definition) is 4. The molecule has 6 heteroatoms. The second-order valence-electron chi connectivity index (χ2n) is 3.75. The van der Waals surface area contributed by atoms with Crippen molar-refractivity contribution in [3.8, 4) is 0 Å².